The summed E-state index contributed by atoms with van der Waals surface area (Å²) in [5.41, 5.74) is 0.861. The standard InChI is InChI=1S/C19H17NO5/c1-25-19(24)14-15(12-8-4-2-5-9-12)20(18(23)16(14)21)17(22)13-10-6-3-7-11-13/h2-11,15,17,21-22H,1H3/t15-,17-/m0/s1. The number of hydrogen-bond donors (Lipinski definition) is 2. The topological polar surface area (TPSA) is 87.1 Å². The van der Waals surface area contributed by atoms with Crippen molar-refractivity contribution in [1.29, 1.82) is 0 Å². The van der Waals surface area contributed by atoms with E-state index in [1.165, 1.54) is 7.11 Å². The van der Waals surface area contributed by atoms with E-state index in [4.69, 9.17) is 4.74 Å². The molecule has 1 heterocycles. The number of rotatable bonds is 4. The largest absolute Gasteiger partial charge is 0.503 e. The quantitative estimate of drug-likeness (QED) is 0.834. The van der Waals surface area contributed by atoms with Gasteiger partial charge in [0.05, 0.1) is 13.2 Å². The average Bonchev–Trinajstić information content (AvgIpc) is 2.93. The molecule has 6 nitrogen and oxygen atoms in total. The minimum Gasteiger partial charge on any atom is -0.503 e. The number of carbonyl (C=O) groups is 2. The first-order valence-corrected chi connectivity index (χ1v) is 7.68. The number of methoxy groups -OCH3 is 1. The highest BCUT2D eigenvalue weighted by Gasteiger charge is 2.47. The maximum absolute atomic E-state index is 12.6. The molecule has 1 aliphatic heterocycles. The van der Waals surface area contributed by atoms with Crippen LogP contribution < -0.4 is 0 Å². The van der Waals surface area contributed by atoms with Crippen LogP contribution in [-0.4, -0.2) is 34.1 Å². The molecule has 1 aliphatic rings. The van der Waals surface area contributed by atoms with Gasteiger partial charge in [0.25, 0.3) is 5.91 Å². The molecular weight excluding hydrogens is 322 g/mol. The SMILES string of the molecule is COC(=O)C1=C(O)C(=O)N([C@@H](O)c2ccccc2)[C@H]1c1ccccc1. The average molecular weight is 339 g/mol. The zero-order valence-electron chi connectivity index (χ0n) is 13.5. The normalized spacial score (nSPS) is 18.4. The number of benzene rings is 2. The van der Waals surface area contributed by atoms with Crippen LogP contribution in [0.1, 0.15) is 23.4 Å². The third-order valence-electron chi connectivity index (χ3n) is 4.13. The lowest BCUT2D eigenvalue weighted by Crippen LogP contribution is -2.35. The van der Waals surface area contributed by atoms with Gasteiger partial charge >= 0.3 is 5.97 Å². The van der Waals surface area contributed by atoms with Crippen LogP contribution in [0.2, 0.25) is 0 Å². The molecule has 2 N–H and O–H groups in total. The molecule has 2 aromatic rings. The van der Waals surface area contributed by atoms with Gasteiger partial charge in [-0.3, -0.25) is 9.69 Å². The van der Waals surface area contributed by atoms with Crippen molar-refractivity contribution >= 4 is 11.9 Å². The van der Waals surface area contributed by atoms with Crippen molar-refractivity contribution in [3.8, 4) is 0 Å². The third kappa shape index (κ3) is 2.88. The highest BCUT2D eigenvalue weighted by molar-refractivity contribution is 6.06. The lowest BCUT2D eigenvalue weighted by Gasteiger charge is -2.31. The Hall–Kier alpha value is -3.12. The van der Waals surface area contributed by atoms with Crippen LogP contribution in [0.4, 0.5) is 0 Å². The Kier molecular flexibility index (Phi) is 4.54. The minimum atomic E-state index is -1.33. The van der Waals surface area contributed by atoms with Gasteiger partial charge in [-0.25, -0.2) is 4.79 Å². The summed E-state index contributed by atoms with van der Waals surface area (Å²) < 4.78 is 4.72. The number of aliphatic hydroxyl groups is 2. The van der Waals surface area contributed by atoms with E-state index < -0.39 is 29.9 Å². The molecule has 0 bridgehead atoms. The van der Waals surface area contributed by atoms with Gasteiger partial charge in [0.2, 0.25) is 0 Å². The second-order valence-corrected chi connectivity index (χ2v) is 5.56. The third-order valence-corrected chi connectivity index (χ3v) is 4.13. The molecule has 0 fully saturated rings. The van der Waals surface area contributed by atoms with Gasteiger partial charge in [-0.2, -0.15) is 0 Å². The van der Waals surface area contributed by atoms with Gasteiger partial charge in [0, 0.05) is 5.56 Å². The molecule has 6 heteroatoms. The number of hydrogen-bond acceptors (Lipinski definition) is 5. The first-order valence-electron chi connectivity index (χ1n) is 7.68. The first kappa shape index (κ1) is 16.7. The van der Waals surface area contributed by atoms with E-state index in [9.17, 15) is 19.8 Å². The van der Waals surface area contributed by atoms with E-state index in [0.717, 1.165) is 4.90 Å². The van der Waals surface area contributed by atoms with Crippen LogP contribution in [0.3, 0.4) is 0 Å². The van der Waals surface area contributed by atoms with Gasteiger partial charge in [-0.1, -0.05) is 60.7 Å². The van der Waals surface area contributed by atoms with Crippen LogP contribution in [0.5, 0.6) is 0 Å². The molecule has 2 atom stereocenters. The van der Waals surface area contributed by atoms with Crippen molar-refractivity contribution in [2.24, 2.45) is 0 Å². The van der Waals surface area contributed by atoms with Crippen LogP contribution in [0.15, 0.2) is 72.0 Å². The minimum absolute atomic E-state index is 0.186. The number of carbonyl (C=O) groups excluding carboxylic acids is 2. The van der Waals surface area contributed by atoms with Crippen LogP contribution in [0.25, 0.3) is 0 Å². The molecule has 2 aromatic carbocycles. The Labute approximate surface area is 144 Å². The van der Waals surface area contributed by atoms with Gasteiger partial charge in [0.15, 0.2) is 12.0 Å². The lowest BCUT2D eigenvalue weighted by molar-refractivity contribution is -0.141. The maximum Gasteiger partial charge on any atom is 0.340 e. The summed E-state index contributed by atoms with van der Waals surface area (Å²) in [6, 6.07) is 16.3. The molecule has 128 valence electrons. The van der Waals surface area contributed by atoms with E-state index >= 15 is 0 Å². The molecular formula is C19H17NO5. The fourth-order valence-corrected chi connectivity index (χ4v) is 2.94. The smallest absolute Gasteiger partial charge is 0.340 e. The maximum atomic E-state index is 12.6. The van der Waals surface area contributed by atoms with E-state index in [-0.39, 0.29) is 5.57 Å². The molecule has 0 aliphatic carbocycles. The van der Waals surface area contributed by atoms with Crippen molar-refractivity contribution in [2.75, 3.05) is 7.11 Å². The van der Waals surface area contributed by atoms with E-state index in [1.54, 1.807) is 60.7 Å². The van der Waals surface area contributed by atoms with Crippen LogP contribution >= 0.6 is 0 Å². The Morgan fingerprint density at radius 1 is 1.08 bits per heavy atom. The molecule has 3 rings (SSSR count). The van der Waals surface area contributed by atoms with Crippen LogP contribution in [0, 0.1) is 0 Å². The summed E-state index contributed by atoms with van der Waals surface area (Å²) in [5, 5.41) is 21.0. The number of nitrogens with zero attached hydrogens (tertiary/aromatic N) is 1. The highest BCUT2D eigenvalue weighted by atomic mass is 16.5. The number of amides is 1. The van der Waals surface area contributed by atoms with Crippen molar-refractivity contribution in [2.45, 2.75) is 12.3 Å². The van der Waals surface area contributed by atoms with E-state index in [0.29, 0.717) is 11.1 Å². The van der Waals surface area contributed by atoms with E-state index in [1.807, 2.05) is 0 Å². The van der Waals surface area contributed by atoms with Crippen molar-refractivity contribution < 1.29 is 24.5 Å². The van der Waals surface area contributed by atoms with Gasteiger partial charge in [-0.15, -0.1) is 0 Å². The summed E-state index contributed by atoms with van der Waals surface area (Å²) >= 11 is 0. The molecule has 1 amide bonds. The molecule has 0 aromatic heterocycles. The zero-order valence-corrected chi connectivity index (χ0v) is 13.5. The Bertz CT molecular complexity index is 816. The second-order valence-electron chi connectivity index (χ2n) is 5.56. The molecule has 0 unspecified atom stereocenters. The summed E-state index contributed by atoms with van der Waals surface area (Å²) in [5.74, 6) is -2.36. The zero-order chi connectivity index (χ0) is 18.0. The first-order chi connectivity index (χ1) is 12.1. The number of aliphatic hydroxyl groups excluding tert-OH is 2. The predicted octanol–water partition coefficient (Wildman–Crippen LogP) is 2.25. The van der Waals surface area contributed by atoms with Crippen molar-refractivity contribution in [1.82, 2.24) is 4.90 Å². The molecule has 0 radical (unpaired) electrons. The van der Waals surface area contributed by atoms with E-state index in [2.05, 4.69) is 0 Å². The molecule has 0 saturated carbocycles. The number of ether oxygens (including phenoxy) is 1. The fraction of sp³-hybridized carbons (Fsp3) is 0.158. The highest BCUT2D eigenvalue weighted by Crippen LogP contribution is 2.42. The van der Waals surface area contributed by atoms with Crippen molar-refractivity contribution in [3.05, 3.63) is 83.1 Å². The van der Waals surface area contributed by atoms with Crippen molar-refractivity contribution in [3.63, 3.8) is 0 Å². The van der Waals surface area contributed by atoms with Gasteiger partial charge in [0.1, 0.15) is 5.57 Å². The summed E-state index contributed by atoms with van der Waals surface area (Å²) in [6.07, 6.45) is -1.33. The summed E-state index contributed by atoms with van der Waals surface area (Å²) in [4.78, 5) is 25.8. The summed E-state index contributed by atoms with van der Waals surface area (Å²) in [6.45, 7) is 0. The van der Waals surface area contributed by atoms with Crippen LogP contribution in [-0.2, 0) is 14.3 Å². The molecule has 25 heavy (non-hydrogen) atoms. The second kappa shape index (κ2) is 6.78. The van der Waals surface area contributed by atoms with Gasteiger partial charge < -0.3 is 14.9 Å². The number of esters is 1. The molecule has 0 saturated heterocycles. The van der Waals surface area contributed by atoms with Gasteiger partial charge in [-0.05, 0) is 5.56 Å². The Morgan fingerprint density at radius 2 is 1.64 bits per heavy atom. The molecule has 0 spiro atoms. The monoisotopic (exact) mass is 339 g/mol. The Morgan fingerprint density at radius 3 is 2.20 bits per heavy atom. The lowest BCUT2D eigenvalue weighted by atomic mass is 9.98. The fourth-order valence-electron chi connectivity index (χ4n) is 2.94. The predicted molar refractivity (Wildman–Crippen MR) is 89.1 cm³/mol. The summed E-state index contributed by atoms with van der Waals surface area (Å²) in [7, 11) is 1.17. The Balaban J connectivity index is 2.11.